The van der Waals surface area contributed by atoms with Gasteiger partial charge in [0.2, 0.25) is 0 Å². The number of nitrogens with one attached hydrogen (secondary N) is 1. The molecule has 0 aromatic rings. The summed E-state index contributed by atoms with van der Waals surface area (Å²) < 4.78 is 0. The molecular weight excluding hydrogens is 266 g/mol. The van der Waals surface area contributed by atoms with Crippen molar-refractivity contribution in [3.63, 3.8) is 0 Å². The highest BCUT2D eigenvalue weighted by Gasteiger charge is 2.51. The summed E-state index contributed by atoms with van der Waals surface area (Å²) >= 11 is 0. The standard InChI is InChI=1S/C21H33N/c1-13-14(2)16(4)20(5,15(13)3)12-22-21-9-17-6-18(10-21)8-19(7-17)11-21/h17-19,22H,6-12H2,1-5H3. The summed E-state index contributed by atoms with van der Waals surface area (Å²) in [6, 6.07) is 0. The van der Waals surface area contributed by atoms with E-state index in [0.717, 1.165) is 24.3 Å². The molecule has 0 amide bonds. The van der Waals surface area contributed by atoms with Crippen LogP contribution in [0.5, 0.6) is 0 Å². The summed E-state index contributed by atoms with van der Waals surface area (Å²) in [5.41, 5.74) is 7.00. The highest BCUT2D eigenvalue weighted by atomic mass is 15.0. The van der Waals surface area contributed by atoms with Crippen LogP contribution in [0, 0.1) is 23.2 Å². The summed E-state index contributed by atoms with van der Waals surface area (Å²) in [5.74, 6) is 3.10. The fourth-order valence-electron chi connectivity index (χ4n) is 6.63. The van der Waals surface area contributed by atoms with Crippen LogP contribution >= 0.6 is 0 Å². The van der Waals surface area contributed by atoms with Gasteiger partial charge in [0.1, 0.15) is 0 Å². The van der Waals surface area contributed by atoms with Crippen LogP contribution in [0.1, 0.15) is 73.1 Å². The zero-order valence-corrected chi connectivity index (χ0v) is 15.2. The monoisotopic (exact) mass is 299 g/mol. The van der Waals surface area contributed by atoms with E-state index >= 15 is 0 Å². The molecular formula is C21H33N. The van der Waals surface area contributed by atoms with Crippen molar-refractivity contribution in [1.29, 1.82) is 0 Å². The Balaban J connectivity index is 1.54. The van der Waals surface area contributed by atoms with E-state index in [2.05, 4.69) is 39.9 Å². The summed E-state index contributed by atoms with van der Waals surface area (Å²) in [7, 11) is 0. The SMILES string of the molecule is CC1=C(C)C(C)(CNC23CC4CC(CC(C4)C2)C3)C(C)=C1C. The summed E-state index contributed by atoms with van der Waals surface area (Å²) in [6.07, 6.45) is 8.98. The van der Waals surface area contributed by atoms with Gasteiger partial charge < -0.3 is 5.32 Å². The molecule has 5 rings (SSSR count). The highest BCUT2D eigenvalue weighted by molar-refractivity contribution is 5.50. The van der Waals surface area contributed by atoms with E-state index < -0.39 is 0 Å². The molecule has 22 heavy (non-hydrogen) atoms. The van der Waals surface area contributed by atoms with E-state index in [-0.39, 0.29) is 5.41 Å². The molecule has 0 atom stereocenters. The summed E-state index contributed by atoms with van der Waals surface area (Å²) in [4.78, 5) is 0. The van der Waals surface area contributed by atoms with Gasteiger partial charge in [-0.3, -0.25) is 0 Å². The zero-order valence-electron chi connectivity index (χ0n) is 15.2. The number of hydrogen-bond donors (Lipinski definition) is 1. The molecule has 0 unspecified atom stereocenters. The molecule has 4 bridgehead atoms. The zero-order chi connectivity index (χ0) is 15.7. The second-order valence-corrected chi connectivity index (χ2v) is 9.38. The molecule has 1 heteroatoms. The van der Waals surface area contributed by atoms with Crippen LogP contribution in [0.4, 0.5) is 0 Å². The van der Waals surface area contributed by atoms with Crippen LogP contribution in [0.2, 0.25) is 0 Å². The predicted molar refractivity (Wildman–Crippen MR) is 93.8 cm³/mol. The minimum absolute atomic E-state index is 0.248. The van der Waals surface area contributed by atoms with Gasteiger partial charge in [0.25, 0.3) is 0 Å². The second kappa shape index (κ2) is 4.72. The normalized spacial score (nSPS) is 42.7. The highest BCUT2D eigenvalue weighted by Crippen LogP contribution is 2.56. The van der Waals surface area contributed by atoms with Gasteiger partial charge in [0.15, 0.2) is 0 Å². The maximum Gasteiger partial charge on any atom is 0.0223 e. The van der Waals surface area contributed by atoms with Crippen molar-refractivity contribution in [2.24, 2.45) is 23.2 Å². The van der Waals surface area contributed by atoms with Crippen molar-refractivity contribution in [2.75, 3.05) is 6.54 Å². The summed E-state index contributed by atoms with van der Waals surface area (Å²) in [5, 5.41) is 4.14. The molecule has 4 saturated carbocycles. The molecule has 1 N–H and O–H groups in total. The lowest BCUT2D eigenvalue weighted by atomic mass is 9.53. The van der Waals surface area contributed by atoms with Gasteiger partial charge in [-0.1, -0.05) is 18.1 Å². The molecule has 0 aromatic carbocycles. The fraction of sp³-hybridized carbons (Fsp3) is 0.810. The Bertz CT molecular complexity index is 503. The third-order valence-corrected chi connectivity index (χ3v) is 8.20. The van der Waals surface area contributed by atoms with Gasteiger partial charge in [-0.15, -0.1) is 0 Å². The van der Waals surface area contributed by atoms with Crippen molar-refractivity contribution in [3.8, 4) is 0 Å². The van der Waals surface area contributed by atoms with E-state index in [0.29, 0.717) is 5.54 Å². The quantitative estimate of drug-likeness (QED) is 0.751. The maximum atomic E-state index is 4.14. The Kier molecular flexibility index (Phi) is 3.22. The number of hydrogen-bond acceptors (Lipinski definition) is 1. The van der Waals surface area contributed by atoms with Crippen LogP contribution in [-0.4, -0.2) is 12.1 Å². The summed E-state index contributed by atoms with van der Waals surface area (Å²) in [6.45, 7) is 12.9. The van der Waals surface area contributed by atoms with Crippen LogP contribution in [0.15, 0.2) is 22.3 Å². The molecule has 0 aromatic heterocycles. The van der Waals surface area contributed by atoms with Crippen molar-refractivity contribution in [1.82, 2.24) is 5.32 Å². The first-order valence-corrected chi connectivity index (χ1v) is 9.44. The third kappa shape index (κ3) is 2.00. The van der Waals surface area contributed by atoms with E-state index in [1.807, 2.05) is 0 Å². The van der Waals surface area contributed by atoms with Crippen LogP contribution in [-0.2, 0) is 0 Å². The lowest BCUT2D eigenvalue weighted by molar-refractivity contribution is -0.0221. The van der Waals surface area contributed by atoms with Crippen molar-refractivity contribution in [2.45, 2.75) is 78.7 Å². The Hall–Kier alpha value is -0.560. The Morgan fingerprint density at radius 3 is 1.64 bits per heavy atom. The van der Waals surface area contributed by atoms with Crippen molar-refractivity contribution in [3.05, 3.63) is 22.3 Å². The molecule has 1 nitrogen and oxygen atoms in total. The van der Waals surface area contributed by atoms with E-state index in [4.69, 9.17) is 0 Å². The maximum absolute atomic E-state index is 4.14. The second-order valence-electron chi connectivity index (χ2n) is 9.38. The Morgan fingerprint density at radius 1 is 0.818 bits per heavy atom. The van der Waals surface area contributed by atoms with Crippen LogP contribution in [0.25, 0.3) is 0 Å². The lowest BCUT2D eigenvalue weighted by Crippen LogP contribution is -2.60. The minimum atomic E-state index is 0.248. The van der Waals surface area contributed by atoms with E-state index in [9.17, 15) is 0 Å². The van der Waals surface area contributed by atoms with Gasteiger partial charge in [-0.05, 0) is 95.1 Å². The lowest BCUT2D eigenvalue weighted by Gasteiger charge is -2.57. The smallest absolute Gasteiger partial charge is 0.0223 e. The molecule has 0 saturated heterocycles. The molecule has 5 aliphatic rings. The van der Waals surface area contributed by atoms with E-state index in [1.54, 1.807) is 11.1 Å². The first-order valence-electron chi connectivity index (χ1n) is 9.44. The molecule has 4 fully saturated rings. The molecule has 0 spiro atoms. The van der Waals surface area contributed by atoms with Gasteiger partial charge in [0.05, 0.1) is 0 Å². The van der Waals surface area contributed by atoms with Crippen molar-refractivity contribution < 1.29 is 0 Å². The van der Waals surface area contributed by atoms with Crippen molar-refractivity contribution >= 4 is 0 Å². The largest absolute Gasteiger partial charge is 0.310 e. The molecule has 0 heterocycles. The topological polar surface area (TPSA) is 12.0 Å². The van der Waals surface area contributed by atoms with Gasteiger partial charge >= 0.3 is 0 Å². The first kappa shape index (κ1) is 15.0. The first-order chi connectivity index (χ1) is 10.3. The average molecular weight is 300 g/mol. The predicted octanol–water partition coefficient (Wildman–Crippen LogP) is 5.24. The number of rotatable bonds is 3. The minimum Gasteiger partial charge on any atom is -0.310 e. The van der Waals surface area contributed by atoms with Gasteiger partial charge in [-0.2, -0.15) is 0 Å². The van der Waals surface area contributed by atoms with Gasteiger partial charge in [-0.25, -0.2) is 0 Å². The van der Waals surface area contributed by atoms with Gasteiger partial charge in [0, 0.05) is 17.5 Å². The number of allylic oxidation sites excluding steroid dienone is 2. The molecule has 122 valence electrons. The molecule has 5 aliphatic carbocycles. The fourth-order valence-corrected chi connectivity index (χ4v) is 6.63. The Labute approximate surface area is 136 Å². The third-order valence-electron chi connectivity index (χ3n) is 8.20. The van der Waals surface area contributed by atoms with Crippen LogP contribution < -0.4 is 5.32 Å². The Morgan fingerprint density at radius 2 is 1.23 bits per heavy atom. The van der Waals surface area contributed by atoms with E-state index in [1.165, 1.54) is 49.7 Å². The van der Waals surface area contributed by atoms with Crippen LogP contribution in [0.3, 0.4) is 0 Å². The molecule has 0 aliphatic heterocycles. The average Bonchev–Trinajstić information content (AvgIpc) is 2.61. The molecule has 0 radical (unpaired) electrons.